The third-order valence-electron chi connectivity index (χ3n) is 4.07. The van der Waals surface area contributed by atoms with Crippen molar-refractivity contribution in [2.45, 2.75) is 71.9 Å². The molecule has 1 aliphatic heterocycles. The zero-order chi connectivity index (χ0) is 17.7. The molecule has 0 fully saturated rings. The Hall–Kier alpha value is -1.91. The molecular formula is C19H29N3O2. The first kappa shape index (κ1) is 18.4. The van der Waals surface area contributed by atoms with E-state index in [1.807, 2.05) is 39.8 Å². The van der Waals surface area contributed by atoms with Crippen LogP contribution in [0.1, 0.15) is 65.9 Å². The molecule has 2 rings (SSSR count). The summed E-state index contributed by atoms with van der Waals surface area (Å²) in [4.78, 5) is 23.7. The Morgan fingerprint density at radius 2 is 2.12 bits per heavy atom. The average molecular weight is 331 g/mol. The van der Waals surface area contributed by atoms with Gasteiger partial charge in [-0.2, -0.15) is 0 Å². The Morgan fingerprint density at radius 1 is 1.38 bits per heavy atom. The van der Waals surface area contributed by atoms with Crippen molar-refractivity contribution < 1.29 is 9.53 Å². The number of ether oxygens (including phenoxy) is 1. The van der Waals surface area contributed by atoms with Gasteiger partial charge in [-0.1, -0.05) is 6.92 Å². The molecule has 0 saturated carbocycles. The Bertz CT molecular complexity index is 605. The van der Waals surface area contributed by atoms with Gasteiger partial charge < -0.3 is 4.74 Å². The maximum absolute atomic E-state index is 12.8. The quantitative estimate of drug-likeness (QED) is 0.810. The zero-order valence-corrected chi connectivity index (χ0v) is 15.5. The number of amides is 1. The number of carbonyl (C=O) groups is 1. The number of anilines is 1. The number of carbonyl (C=O) groups excluding carboxylic acids is 1. The summed E-state index contributed by atoms with van der Waals surface area (Å²) in [5.41, 5.74) is 1.45. The van der Waals surface area contributed by atoms with Crippen molar-refractivity contribution in [3.05, 3.63) is 23.9 Å². The van der Waals surface area contributed by atoms with E-state index in [1.165, 1.54) is 0 Å². The van der Waals surface area contributed by atoms with Crippen LogP contribution in [0.3, 0.4) is 0 Å². The first-order chi connectivity index (χ1) is 11.3. The molecule has 0 saturated heterocycles. The molecule has 1 amide bonds. The maximum Gasteiger partial charge on any atom is 0.416 e. The monoisotopic (exact) mass is 331 g/mol. The summed E-state index contributed by atoms with van der Waals surface area (Å²) in [6.45, 7) is 10.6. The number of aliphatic imine (C=N–C) groups is 1. The summed E-state index contributed by atoms with van der Waals surface area (Å²) >= 11 is 0. The molecule has 24 heavy (non-hydrogen) atoms. The van der Waals surface area contributed by atoms with Crippen LogP contribution < -0.4 is 4.90 Å². The van der Waals surface area contributed by atoms with Crippen molar-refractivity contribution >= 4 is 17.6 Å². The van der Waals surface area contributed by atoms with Crippen LogP contribution in [0.2, 0.25) is 0 Å². The van der Waals surface area contributed by atoms with E-state index in [2.05, 4.69) is 16.9 Å². The molecule has 5 heteroatoms. The highest BCUT2D eigenvalue weighted by atomic mass is 16.6. The van der Waals surface area contributed by atoms with E-state index in [1.54, 1.807) is 11.1 Å². The van der Waals surface area contributed by atoms with Gasteiger partial charge in [0.1, 0.15) is 11.4 Å². The fraction of sp³-hybridized carbons (Fsp3) is 0.632. The first-order valence-corrected chi connectivity index (χ1v) is 8.84. The zero-order valence-electron chi connectivity index (χ0n) is 15.5. The Morgan fingerprint density at radius 3 is 2.71 bits per heavy atom. The molecule has 0 bridgehead atoms. The molecule has 2 heterocycles. The highest BCUT2D eigenvalue weighted by molar-refractivity contribution is 6.07. The first-order valence-electron chi connectivity index (χ1n) is 8.84. The van der Waals surface area contributed by atoms with Gasteiger partial charge in [0.25, 0.3) is 0 Å². The minimum Gasteiger partial charge on any atom is -0.443 e. The minimum absolute atomic E-state index is 0.00214. The molecule has 1 atom stereocenters. The number of nitrogens with zero attached hydrogens (tertiary/aromatic N) is 3. The molecule has 1 aliphatic rings. The smallest absolute Gasteiger partial charge is 0.416 e. The predicted molar refractivity (Wildman–Crippen MR) is 98.0 cm³/mol. The largest absolute Gasteiger partial charge is 0.443 e. The topological polar surface area (TPSA) is 54.8 Å². The lowest BCUT2D eigenvalue weighted by Crippen LogP contribution is -2.43. The second-order valence-electron chi connectivity index (χ2n) is 7.27. The van der Waals surface area contributed by atoms with Crippen LogP contribution in [0.15, 0.2) is 23.3 Å². The summed E-state index contributed by atoms with van der Waals surface area (Å²) in [6, 6.07) is 3.91. The van der Waals surface area contributed by atoms with Gasteiger partial charge in [-0.05, 0) is 65.5 Å². The molecule has 0 N–H and O–H groups in total. The summed E-state index contributed by atoms with van der Waals surface area (Å²) < 4.78 is 5.63. The highest BCUT2D eigenvalue weighted by Gasteiger charge is 2.30. The Kier molecular flexibility index (Phi) is 5.97. The van der Waals surface area contributed by atoms with Gasteiger partial charge in [0.05, 0.1) is 0 Å². The fourth-order valence-corrected chi connectivity index (χ4v) is 2.70. The summed E-state index contributed by atoms with van der Waals surface area (Å²) in [6.07, 6.45) is 5.38. The summed E-state index contributed by atoms with van der Waals surface area (Å²) in [5.74, 6) is 0.654. The average Bonchev–Trinajstić information content (AvgIpc) is 2.54. The molecule has 1 aromatic heterocycles. The van der Waals surface area contributed by atoms with Gasteiger partial charge in [0.15, 0.2) is 0 Å². The number of aromatic nitrogens is 1. The maximum atomic E-state index is 12.8. The summed E-state index contributed by atoms with van der Waals surface area (Å²) in [5, 5.41) is 0. The van der Waals surface area contributed by atoms with Crippen molar-refractivity contribution in [1.29, 1.82) is 0 Å². The minimum atomic E-state index is -0.542. The number of hydrogen-bond acceptors (Lipinski definition) is 4. The summed E-state index contributed by atoms with van der Waals surface area (Å²) in [7, 11) is 0. The lowest BCUT2D eigenvalue weighted by Gasteiger charge is -2.32. The number of hydrogen-bond donors (Lipinski definition) is 0. The Balaban J connectivity index is 2.43. The van der Waals surface area contributed by atoms with Crippen LogP contribution in [-0.2, 0) is 4.74 Å². The SMILES string of the molecule is CCC(C)N(C(=O)OC(C)(C)C)c1ncccc1C1=NCCCC1. The van der Waals surface area contributed by atoms with E-state index < -0.39 is 5.60 Å². The third kappa shape index (κ3) is 4.56. The number of pyridine rings is 1. The van der Waals surface area contributed by atoms with Crippen LogP contribution in [-0.4, -0.2) is 35.0 Å². The van der Waals surface area contributed by atoms with Gasteiger partial charge in [-0.25, -0.2) is 9.78 Å². The number of rotatable bonds is 4. The van der Waals surface area contributed by atoms with Gasteiger partial charge in [-0.15, -0.1) is 0 Å². The van der Waals surface area contributed by atoms with Crippen LogP contribution in [0.25, 0.3) is 0 Å². The third-order valence-corrected chi connectivity index (χ3v) is 4.07. The normalized spacial score (nSPS) is 16.3. The van der Waals surface area contributed by atoms with Crippen LogP contribution in [0, 0.1) is 0 Å². The van der Waals surface area contributed by atoms with Crippen LogP contribution in [0.4, 0.5) is 10.6 Å². The van der Waals surface area contributed by atoms with Gasteiger partial charge in [0, 0.05) is 30.1 Å². The standard InChI is InChI=1S/C19H29N3O2/c1-6-14(2)22(18(23)24-19(3,4)5)17-15(10-9-13-21-17)16-11-7-8-12-20-16/h9-10,13-14H,6-8,11-12H2,1-5H3. The molecule has 0 spiro atoms. The molecule has 0 aromatic carbocycles. The lowest BCUT2D eigenvalue weighted by atomic mass is 10.0. The molecular weight excluding hydrogens is 302 g/mol. The lowest BCUT2D eigenvalue weighted by molar-refractivity contribution is 0.0566. The van der Waals surface area contributed by atoms with E-state index in [4.69, 9.17) is 4.74 Å². The van der Waals surface area contributed by atoms with Crippen molar-refractivity contribution in [3.63, 3.8) is 0 Å². The van der Waals surface area contributed by atoms with E-state index in [-0.39, 0.29) is 12.1 Å². The molecule has 1 unspecified atom stereocenters. The molecule has 5 nitrogen and oxygen atoms in total. The second-order valence-corrected chi connectivity index (χ2v) is 7.27. The van der Waals surface area contributed by atoms with Gasteiger partial charge >= 0.3 is 6.09 Å². The van der Waals surface area contributed by atoms with Crippen LogP contribution in [0.5, 0.6) is 0 Å². The van der Waals surface area contributed by atoms with E-state index >= 15 is 0 Å². The molecule has 1 aromatic rings. The molecule has 0 aliphatic carbocycles. The van der Waals surface area contributed by atoms with Crippen molar-refractivity contribution in [3.8, 4) is 0 Å². The van der Waals surface area contributed by atoms with E-state index in [9.17, 15) is 4.79 Å². The van der Waals surface area contributed by atoms with Gasteiger partial charge in [0.2, 0.25) is 0 Å². The molecule has 132 valence electrons. The Labute approximate surface area is 145 Å². The van der Waals surface area contributed by atoms with Crippen LogP contribution >= 0.6 is 0 Å². The second kappa shape index (κ2) is 7.77. The van der Waals surface area contributed by atoms with Gasteiger partial charge in [-0.3, -0.25) is 9.89 Å². The van der Waals surface area contributed by atoms with Crippen molar-refractivity contribution in [1.82, 2.24) is 4.98 Å². The highest BCUT2D eigenvalue weighted by Crippen LogP contribution is 2.26. The van der Waals surface area contributed by atoms with Crippen molar-refractivity contribution in [2.75, 3.05) is 11.4 Å². The fourth-order valence-electron chi connectivity index (χ4n) is 2.70. The van der Waals surface area contributed by atoms with Crippen molar-refractivity contribution in [2.24, 2.45) is 4.99 Å². The molecule has 0 radical (unpaired) electrons. The van der Waals surface area contributed by atoms with E-state index in [0.717, 1.165) is 43.5 Å². The van der Waals surface area contributed by atoms with E-state index in [0.29, 0.717) is 5.82 Å². The predicted octanol–water partition coefficient (Wildman–Crippen LogP) is 4.59.